The molecule has 1 aliphatic rings. The maximum Gasteiger partial charge on any atom is 0.271 e. The average Bonchev–Trinajstić information content (AvgIpc) is 2.67. The first kappa shape index (κ1) is 22.7. The van der Waals surface area contributed by atoms with Crippen LogP contribution in [0.25, 0.3) is 0 Å². The van der Waals surface area contributed by atoms with Gasteiger partial charge >= 0.3 is 0 Å². The largest absolute Gasteiger partial charge is 0.279 e. The second-order valence-electron chi connectivity index (χ2n) is 9.00. The topological polar surface area (TPSA) is 87.6 Å². The highest BCUT2D eigenvalue weighted by atomic mass is 32.2. The fraction of sp³-hybridized carbons (Fsp3) is 0.333. The number of carbonyl (C=O) groups excluding carboxylic acids is 1. The summed E-state index contributed by atoms with van der Waals surface area (Å²) in [4.78, 5) is 12.6. The Balaban J connectivity index is 1.78. The fourth-order valence-corrected chi connectivity index (χ4v) is 5.07. The van der Waals surface area contributed by atoms with E-state index in [2.05, 4.69) is 36.0 Å². The van der Waals surface area contributed by atoms with Gasteiger partial charge in [-0.05, 0) is 74.9 Å². The molecule has 0 radical (unpaired) electrons. The van der Waals surface area contributed by atoms with E-state index in [1.54, 1.807) is 18.2 Å². The third-order valence-electron chi connectivity index (χ3n) is 5.16. The molecule has 31 heavy (non-hydrogen) atoms. The molecule has 0 fully saturated rings. The Morgan fingerprint density at radius 3 is 2.45 bits per heavy atom. The second-order valence-corrected chi connectivity index (χ2v) is 10.7. The molecule has 0 atom stereocenters. The number of hydrogen-bond donors (Lipinski definition) is 2. The van der Waals surface area contributed by atoms with Crippen LogP contribution in [0.2, 0.25) is 0 Å². The van der Waals surface area contributed by atoms with Crippen LogP contribution in [-0.2, 0) is 10.0 Å². The van der Waals surface area contributed by atoms with Gasteiger partial charge in [-0.15, -0.1) is 0 Å². The van der Waals surface area contributed by atoms with Crippen molar-refractivity contribution < 1.29 is 13.2 Å². The summed E-state index contributed by atoms with van der Waals surface area (Å²) in [6, 6.07) is 11.4. The minimum atomic E-state index is -3.84. The van der Waals surface area contributed by atoms with E-state index in [4.69, 9.17) is 0 Å². The lowest BCUT2D eigenvalue weighted by Crippen LogP contribution is -2.25. The zero-order valence-electron chi connectivity index (χ0n) is 18.6. The Kier molecular flexibility index (Phi) is 6.36. The standard InChI is InChI=1S/C24H29N3O3S/c1-16-9-10-22(18(3)11-16)27-31(29,30)21-8-6-7-19(13-21)23(28)26-25-20-12-17(2)14-24(4,5)15-20/h6-13,27H,14-15H2,1-5H3,(H,26,28). The van der Waals surface area contributed by atoms with Gasteiger partial charge in [0.05, 0.1) is 16.3 Å². The van der Waals surface area contributed by atoms with Crippen LogP contribution in [0.4, 0.5) is 5.69 Å². The molecule has 2 aromatic rings. The van der Waals surface area contributed by atoms with Crippen molar-refractivity contribution in [2.75, 3.05) is 4.72 Å². The number of amides is 1. The Labute approximate surface area is 184 Å². The number of hydrazone groups is 1. The first-order valence-corrected chi connectivity index (χ1v) is 11.7. The molecule has 2 aromatic carbocycles. The van der Waals surface area contributed by atoms with E-state index < -0.39 is 15.9 Å². The number of anilines is 1. The SMILES string of the molecule is CC1=CC(=NNC(=O)c2cccc(S(=O)(=O)Nc3ccc(C)cc3C)c2)CC(C)(C)C1. The summed E-state index contributed by atoms with van der Waals surface area (Å²) in [5, 5.41) is 4.26. The molecule has 0 saturated heterocycles. The number of carbonyl (C=O) groups is 1. The van der Waals surface area contributed by atoms with E-state index in [9.17, 15) is 13.2 Å². The first-order chi connectivity index (χ1) is 14.4. The summed E-state index contributed by atoms with van der Waals surface area (Å²) >= 11 is 0. The van der Waals surface area contributed by atoms with Crippen molar-refractivity contribution in [3.63, 3.8) is 0 Å². The number of benzene rings is 2. The zero-order valence-corrected chi connectivity index (χ0v) is 19.4. The molecule has 0 saturated carbocycles. The molecule has 2 N–H and O–H groups in total. The van der Waals surface area contributed by atoms with Crippen LogP contribution in [-0.4, -0.2) is 20.0 Å². The van der Waals surface area contributed by atoms with Crippen molar-refractivity contribution in [1.29, 1.82) is 0 Å². The predicted molar refractivity (Wildman–Crippen MR) is 125 cm³/mol. The lowest BCUT2D eigenvalue weighted by Gasteiger charge is -2.29. The molecule has 7 heteroatoms. The van der Waals surface area contributed by atoms with Gasteiger partial charge in [-0.2, -0.15) is 5.10 Å². The smallest absolute Gasteiger partial charge is 0.271 e. The molecule has 1 aliphatic carbocycles. The van der Waals surface area contributed by atoms with Crippen molar-refractivity contribution in [3.8, 4) is 0 Å². The number of sulfonamides is 1. The molecular weight excluding hydrogens is 410 g/mol. The van der Waals surface area contributed by atoms with Gasteiger partial charge < -0.3 is 0 Å². The lowest BCUT2D eigenvalue weighted by molar-refractivity contribution is 0.0954. The van der Waals surface area contributed by atoms with E-state index >= 15 is 0 Å². The molecule has 0 spiro atoms. The number of rotatable bonds is 5. The molecule has 0 heterocycles. The van der Waals surface area contributed by atoms with E-state index in [0.29, 0.717) is 5.69 Å². The van der Waals surface area contributed by atoms with Crippen LogP contribution in [0, 0.1) is 19.3 Å². The first-order valence-electron chi connectivity index (χ1n) is 10.2. The van der Waals surface area contributed by atoms with E-state index in [1.807, 2.05) is 32.1 Å². The zero-order chi connectivity index (χ0) is 22.8. The number of nitrogens with one attached hydrogen (secondary N) is 2. The highest BCUT2D eigenvalue weighted by Crippen LogP contribution is 2.33. The second kappa shape index (κ2) is 8.67. The van der Waals surface area contributed by atoms with Crippen molar-refractivity contribution >= 4 is 27.3 Å². The van der Waals surface area contributed by atoms with Crippen LogP contribution in [0.5, 0.6) is 0 Å². The highest BCUT2D eigenvalue weighted by Gasteiger charge is 2.25. The quantitative estimate of drug-likeness (QED) is 0.646. The summed E-state index contributed by atoms with van der Waals surface area (Å²) in [6.45, 7) is 10.2. The van der Waals surface area contributed by atoms with Gasteiger partial charge in [0.1, 0.15) is 0 Å². The summed E-state index contributed by atoms with van der Waals surface area (Å²) in [7, 11) is -3.84. The fourth-order valence-electron chi connectivity index (χ4n) is 3.89. The number of nitrogens with zero attached hydrogens (tertiary/aromatic N) is 1. The lowest BCUT2D eigenvalue weighted by atomic mass is 9.77. The molecule has 0 bridgehead atoms. The van der Waals surface area contributed by atoms with E-state index in [-0.39, 0.29) is 15.9 Å². The Hall–Kier alpha value is -2.93. The molecule has 0 aliphatic heterocycles. The summed E-state index contributed by atoms with van der Waals surface area (Å²) in [5.74, 6) is -0.453. The van der Waals surface area contributed by atoms with Gasteiger partial charge in [0, 0.05) is 5.56 Å². The van der Waals surface area contributed by atoms with Gasteiger partial charge in [0.2, 0.25) is 0 Å². The Bertz CT molecular complexity index is 1180. The normalized spacial score (nSPS) is 17.2. The van der Waals surface area contributed by atoms with E-state index in [1.165, 1.54) is 17.7 Å². The molecule has 164 valence electrons. The molecule has 6 nitrogen and oxygen atoms in total. The minimum absolute atomic E-state index is 0.0160. The van der Waals surface area contributed by atoms with E-state index in [0.717, 1.165) is 29.7 Å². The third kappa shape index (κ3) is 5.82. The highest BCUT2D eigenvalue weighted by molar-refractivity contribution is 7.92. The maximum absolute atomic E-state index is 12.8. The molecule has 0 unspecified atom stereocenters. The van der Waals surface area contributed by atoms with Gasteiger partial charge in [-0.25, -0.2) is 13.8 Å². The molecular formula is C24H29N3O3S. The van der Waals surface area contributed by atoms with Crippen LogP contribution in [0.3, 0.4) is 0 Å². The number of hydrogen-bond acceptors (Lipinski definition) is 4. The summed E-state index contributed by atoms with van der Waals surface area (Å²) in [5.41, 5.74) is 7.29. The van der Waals surface area contributed by atoms with Gasteiger partial charge in [0.25, 0.3) is 15.9 Å². The van der Waals surface area contributed by atoms with Crippen molar-refractivity contribution in [3.05, 3.63) is 70.8 Å². The number of aryl methyl sites for hydroxylation is 2. The van der Waals surface area contributed by atoms with Crippen molar-refractivity contribution in [2.24, 2.45) is 10.5 Å². The van der Waals surface area contributed by atoms with Gasteiger partial charge in [0.15, 0.2) is 0 Å². The van der Waals surface area contributed by atoms with Crippen molar-refractivity contribution in [2.45, 2.75) is 52.4 Å². The van der Waals surface area contributed by atoms with Crippen LogP contribution in [0.1, 0.15) is 55.1 Å². The average molecular weight is 440 g/mol. The summed E-state index contributed by atoms with van der Waals surface area (Å²) < 4.78 is 28.3. The van der Waals surface area contributed by atoms with Gasteiger partial charge in [-0.1, -0.05) is 43.2 Å². The van der Waals surface area contributed by atoms with Gasteiger partial charge in [-0.3, -0.25) is 9.52 Å². The molecule has 3 rings (SSSR count). The summed E-state index contributed by atoms with van der Waals surface area (Å²) in [6.07, 6.45) is 3.74. The van der Waals surface area contributed by atoms with Crippen molar-refractivity contribution in [1.82, 2.24) is 5.43 Å². The molecule has 0 aromatic heterocycles. The minimum Gasteiger partial charge on any atom is -0.279 e. The van der Waals surface area contributed by atoms with Crippen LogP contribution < -0.4 is 10.1 Å². The Morgan fingerprint density at radius 1 is 1.03 bits per heavy atom. The monoisotopic (exact) mass is 439 g/mol. The van der Waals surface area contributed by atoms with Crippen LogP contribution in [0.15, 0.2) is 64.1 Å². The Morgan fingerprint density at radius 2 is 1.77 bits per heavy atom. The number of allylic oxidation sites excluding steroid dienone is 2. The maximum atomic E-state index is 12.8. The predicted octanol–water partition coefficient (Wildman–Crippen LogP) is 4.96. The van der Waals surface area contributed by atoms with Crippen LogP contribution >= 0.6 is 0 Å². The third-order valence-corrected chi connectivity index (χ3v) is 6.53. The molecule has 1 amide bonds.